The lowest BCUT2D eigenvalue weighted by atomic mass is 9.95. The highest BCUT2D eigenvalue weighted by atomic mass is 32.1. The van der Waals surface area contributed by atoms with Gasteiger partial charge in [-0.15, -0.1) is 11.3 Å². The van der Waals surface area contributed by atoms with E-state index < -0.39 is 0 Å². The molecule has 0 saturated heterocycles. The number of hydrogen-bond acceptors (Lipinski definition) is 3. The van der Waals surface area contributed by atoms with Crippen LogP contribution in [-0.2, 0) is 0 Å². The van der Waals surface area contributed by atoms with E-state index in [2.05, 4.69) is 15.6 Å². The van der Waals surface area contributed by atoms with Gasteiger partial charge in [0, 0.05) is 17.6 Å². The van der Waals surface area contributed by atoms with Crippen LogP contribution >= 0.6 is 11.3 Å². The first kappa shape index (κ1) is 14.8. The van der Waals surface area contributed by atoms with Gasteiger partial charge in [-0.25, -0.2) is 9.98 Å². The Bertz CT molecular complexity index is 431. The van der Waals surface area contributed by atoms with Crippen LogP contribution in [0.25, 0.3) is 0 Å². The number of rotatable bonds is 3. The monoisotopic (exact) mass is 306 g/mol. The van der Waals surface area contributed by atoms with E-state index in [0.29, 0.717) is 12.1 Å². The summed E-state index contributed by atoms with van der Waals surface area (Å²) in [6, 6.07) is 1.06. The van der Waals surface area contributed by atoms with Crippen molar-refractivity contribution in [2.45, 2.75) is 76.3 Å². The van der Waals surface area contributed by atoms with Crippen molar-refractivity contribution in [3.8, 4) is 0 Å². The summed E-state index contributed by atoms with van der Waals surface area (Å²) in [6.07, 6.45) is 14.9. The van der Waals surface area contributed by atoms with Gasteiger partial charge in [-0.2, -0.15) is 0 Å². The van der Waals surface area contributed by atoms with Gasteiger partial charge >= 0.3 is 0 Å². The number of anilines is 1. The van der Waals surface area contributed by atoms with Crippen LogP contribution in [0.5, 0.6) is 0 Å². The minimum absolute atomic E-state index is 0.484. The van der Waals surface area contributed by atoms with E-state index in [9.17, 15) is 0 Å². The molecule has 0 atom stereocenters. The predicted octanol–water partition coefficient (Wildman–Crippen LogP) is 4.17. The van der Waals surface area contributed by atoms with Crippen LogP contribution in [-0.4, -0.2) is 23.0 Å². The highest BCUT2D eigenvalue weighted by molar-refractivity contribution is 7.13. The molecule has 1 heterocycles. The summed E-state index contributed by atoms with van der Waals surface area (Å²) < 4.78 is 0. The zero-order valence-electron chi connectivity index (χ0n) is 12.7. The van der Waals surface area contributed by atoms with E-state index in [0.717, 1.165) is 11.1 Å². The van der Waals surface area contributed by atoms with E-state index in [1.54, 1.807) is 11.3 Å². The third-order valence-electron chi connectivity index (χ3n) is 4.49. The van der Waals surface area contributed by atoms with Crippen LogP contribution in [0.2, 0.25) is 0 Å². The maximum atomic E-state index is 4.97. The van der Waals surface area contributed by atoms with Gasteiger partial charge in [-0.1, -0.05) is 38.5 Å². The number of aromatic nitrogens is 1. The van der Waals surface area contributed by atoms with Gasteiger partial charge in [0.2, 0.25) is 0 Å². The minimum atomic E-state index is 0.484. The van der Waals surface area contributed by atoms with Crippen molar-refractivity contribution in [2.75, 3.05) is 5.32 Å². The normalized spacial score (nSPS) is 22.2. The number of guanidine groups is 1. The Morgan fingerprint density at radius 2 is 1.76 bits per heavy atom. The molecule has 0 unspecified atom stereocenters. The summed E-state index contributed by atoms with van der Waals surface area (Å²) >= 11 is 1.63. The van der Waals surface area contributed by atoms with Crippen LogP contribution in [0.15, 0.2) is 16.6 Å². The molecule has 0 radical (unpaired) electrons. The van der Waals surface area contributed by atoms with Gasteiger partial charge in [0.05, 0.1) is 6.04 Å². The zero-order valence-corrected chi connectivity index (χ0v) is 13.5. The molecule has 2 aliphatic rings. The van der Waals surface area contributed by atoms with Gasteiger partial charge in [0.15, 0.2) is 11.1 Å². The second-order valence-electron chi connectivity index (χ2n) is 6.21. The molecule has 2 saturated carbocycles. The second-order valence-corrected chi connectivity index (χ2v) is 7.11. The fourth-order valence-electron chi connectivity index (χ4n) is 3.33. The van der Waals surface area contributed by atoms with Gasteiger partial charge < -0.3 is 10.6 Å². The van der Waals surface area contributed by atoms with Crippen LogP contribution < -0.4 is 10.6 Å². The molecule has 1 aromatic heterocycles. The third-order valence-corrected chi connectivity index (χ3v) is 5.18. The second kappa shape index (κ2) is 7.78. The van der Waals surface area contributed by atoms with Crippen LogP contribution in [0, 0.1) is 0 Å². The van der Waals surface area contributed by atoms with Crippen LogP contribution in [0.1, 0.15) is 64.2 Å². The van der Waals surface area contributed by atoms with Gasteiger partial charge in [0.25, 0.3) is 0 Å². The molecule has 5 heteroatoms. The van der Waals surface area contributed by atoms with Crippen molar-refractivity contribution in [2.24, 2.45) is 4.99 Å². The quantitative estimate of drug-likeness (QED) is 0.651. The van der Waals surface area contributed by atoms with E-state index in [1.807, 2.05) is 11.6 Å². The maximum Gasteiger partial charge on any atom is 0.198 e. The SMILES string of the molecule is c1csc(NC(=NC2CCCCC2)NC2CCCCC2)n1. The topological polar surface area (TPSA) is 49.3 Å². The summed E-state index contributed by atoms with van der Waals surface area (Å²) in [5, 5.41) is 9.99. The van der Waals surface area contributed by atoms with E-state index >= 15 is 0 Å². The Hall–Kier alpha value is -1.10. The molecule has 0 bridgehead atoms. The molecule has 0 amide bonds. The lowest BCUT2D eigenvalue weighted by Crippen LogP contribution is -2.41. The van der Waals surface area contributed by atoms with E-state index in [4.69, 9.17) is 4.99 Å². The lowest BCUT2D eigenvalue weighted by Gasteiger charge is -2.26. The molecule has 116 valence electrons. The molecule has 21 heavy (non-hydrogen) atoms. The molecule has 0 aliphatic heterocycles. The first-order valence-corrected chi connectivity index (χ1v) is 9.29. The molecule has 0 aromatic carbocycles. The van der Waals surface area contributed by atoms with E-state index in [1.165, 1.54) is 64.2 Å². The van der Waals surface area contributed by atoms with Crippen LogP contribution in [0.3, 0.4) is 0 Å². The highest BCUT2D eigenvalue weighted by Crippen LogP contribution is 2.22. The third kappa shape index (κ3) is 4.70. The first-order chi connectivity index (χ1) is 10.4. The Kier molecular flexibility index (Phi) is 5.49. The van der Waals surface area contributed by atoms with Crippen molar-refractivity contribution in [1.82, 2.24) is 10.3 Å². The summed E-state index contributed by atoms with van der Waals surface area (Å²) in [6.45, 7) is 0. The fourth-order valence-corrected chi connectivity index (χ4v) is 3.85. The molecule has 2 aliphatic carbocycles. The number of thiazole rings is 1. The molecular formula is C16H26N4S. The molecule has 2 N–H and O–H groups in total. The van der Waals surface area contributed by atoms with E-state index in [-0.39, 0.29) is 0 Å². The Morgan fingerprint density at radius 3 is 2.43 bits per heavy atom. The standard InChI is InChI=1S/C16H26N4S/c1-3-7-13(8-4-1)18-15(20-16-17-11-12-21-16)19-14-9-5-2-6-10-14/h11-14H,1-10H2,(H2,17,18,19,20). The maximum absolute atomic E-state index is 4.97. The van der Waals surface area contributed by atoms with Gasteiger partial charge in [-0.05, 0) is 25.7 Å². The first-order valence-electron chi connectivity index (χ1n) is 8.41. The minimum Gasteiger partial charge on any atom is -0.353 e. The smallest absolute Gasteiger partial charge is 0.198 e. The molecule has 0 spiro atoms. The van der Waals surface area contributed by atoms with Crippen LogP contribution in [0.4, 0.5) is 5.13 Å². The molecular weight excluding hydrogens is 280 g/mol. The average molecular weight is 306 g/mol. The molecule has 3 rings (SSSR count). The predicted molar refractivity (Wildman–Crippen MR) is 90.1 cm³/mol. The fraction of sp³-hybridized carbons (Fsp3) is 0.750. The number of nitrogens with zero attached hydrogens (tertiary/aromatic N) is 2. The number of aliphatic imine (C=N–C) groups is 1. The summed E-state index contributed by atoms with van der Waals surface area (Å²) in [5.74, 6) is 0.948. The van der Waals surface area contributed by atoms with Crippen molar-refractivity contribution >= 4 is 22.4 Å². The Morgan fingerprint density at radius 1 is 1.05 bits per heavy atom. The van der Waals surface area contributed by atoms with Gasteiger partial charge in [-0.3, -0.25) is 0 Å². The average Bonchev–Trinajstić information content (AvgIpc) is 3.02. The molecule has 1 aromatic rings. The van der Waals surface area contributed by atoms with Crippen molar-refractivity contribution in [3.63, 3.8) is 0 Å². The van der Waals surface area contributed by atoms with Crippen molar-refractivity contribution < 1.29 is 0 Å². The lowest BCUT2D eigenvalue weighted by molar-refractivity contribution is 0.408. The summed E-state index contributed by atoms with van der Waals surface area (Å²) in [5.41, 5.74) is 0. The van der Waals surface area contributed by atoms with Gasteiger partial charge in [0.1, 0.15) is 0 Å². The molecule has 2 fully saturated rings. The highest BCUT2D eigenvalue weighted by Gasteiger charge is 2.18. The Balaban J connectivity index is 1.65. The largest absolute Gasteiger partial charge is 0.353 e. The van der Waals surface area contributed by atoms with Crippen molar-refractivity contribution in [1.29, 1.82) is 0 Å². The Labute approximate surface area is 131 Å². The molecule has 4 nitrogen and oxygen atoms in total. The summed E-state index contributed by atoms with van der Waals surface area (Å²) in [7, 11) is 0. The van der Waals surface area contributed by atoms with Crippen molar-refractivity contribution in [3.05, 3.63) is 11.6 Å². The summed E-state index contributed by atoms with van der Waals surface area (Å²) in [4.78, 5) is 9.29. The number of hydrogen-bond donors (Lipinski definition) is 2. The zero-order chi connectivity index (χ0) is 14.3. The number of nitrogens with one attached hydrogen (secondary N) is 2.